The first kappa shape index (κ1) is 16.6. The topological polar surface area (TPSA) is 86.7 Å². The standard InChI is InChI=1S/C17H18N8S/c1-10-6-5-7-11(2)15(10)25-14(20-22-23-25)9-26-17-19-16-18-12(3)8-13(4)24(16)21-17/h5-8H,9H2,1-4H3. The van der Waals surface area contributed by atoms with Crippen molar-refractivity contribution in [2.45, 2.75) is 38.6 Å². The maximum absolute atomic E-state index is 4.52. The molecule has 132 valence electrons. The molecular formula is C17H18N8S. The van der Waals surface area contributed by atoms with Crippen molar-refractivity contribution in [3.05, 3.63) is 52.6 Å². The summed E-state index contributed by atoms with van der Waals surface area (Å²) >= 11 is 1.49. The van der Waals surface area contributed by atoms with Gasteiger partial charge in [0.25, 0.3) is 5.78 Å². The molecule has 0 aliphatic carbocycles. The van der Waals surface area contributed by atoms with Crippen LogP contribution in [0.1, 0.15) is 28.3 Å². The highest BCUT2D eigenvalue weighted by molar-refractivity contribution is 7.98. The second kappa shape index (κ2) is 6.49. The maximum Gasteiger partial charge on any atom is 0.253 e. The third kappa shape index (κ3) is 2.94. The second-order valence-corrected chi connectivity index (χ2v) is 7.12. The minimum atomic E-state index is 0.565. The molecule has 4 rings (SSSR count). The Morgan fingerprint density at radius 1 is 1.04 bits per heavy atom. The number of aryl methyl sites for hydroxylation is 4. The molecule has 3 heterocycles. The summed E-state index contributed by atoms with van der Waals surface area (Å²) < 4.78 is 3.55. The fourth-order valence-electron chi connectivity index (χ4n) is 2.95. The molecule has 0 atom stereocenters. The van der Waals surface area contributed by atoms with Crippen LogP contribution >= 0.6 is 11.8 Å². The molecule has 9 heteroatoms. The fraction of sp³-hybridized carbons (Fsp3) is 0.294. The molecule has 4 aromatic rings. The zero-order valence-electron chi connectivity index (χ0n) is 15.0. The highest BCUT2D eigenvalue weighted by Gasteiger charge is 2.15. The highest BCUT2D eigenvalue weighted by atomic mass is 32.2. The fourth-order valence-corrected chi connectivity index (χ4v) is 3.67. The molecule has 0 N–H and O–H groups in total. The molecule has 0 spiro atoms. The Kier molecular flexibility index (Phi) is 4.15. The van der Waals surface area contributed by atoms with Crippen molar-refractivity contribution in [1.82, 2.24) is 39.8 Å². The quantitative estimate of drug-likeness (QED) is 0.513. The number of para-hydroxylation sites is 1. The third-order valence-corrected chi connectivity index (χ3v) is 4.95. The Hall–Kier alpha value is -2.81. The highest BCUT2D eigenvalue weighted by Crippen LogP contribution is 2.23. The van der Waals surface area contributed by atoms with Gasteiger partial charge in [-0.2, -0.15) is 9.67 Å². The first-order valence-corrected chi connectivity index (χ1v) is 9.19. The van der Waals surface area contributed by atoms with Gasteiger partial charge in [0, 0.05) is 11.4 Å². The van der Waals surface area contributed by atoms with Crippen LogP contribution in [-0.4, -0.2) is 39.8 Å². The van der Waals surface area contributed by atoms with Crippen molar-refractivity contribution in [2.24, 2.45) is 0 Å². The monoisotopic (exact) mass is 366 g/mol. The lowest BCUT2D eigenvalue weighted by Gasteiger charge is -2.10. The van der Waals surface area contributed by atoms with Crippen LogP contribution in [0.2, 0.25) is 0 Å². The maximum atomic E-state index is 4.52. The average Bonchev–Trinajstić information content (AvgIpc) is 3.19. The van der Waals surface area contributed by atoms with Crippen molar-refractivity contribution in [3.8, 4) is 5.69 Å². The van der Waals surface area contributed by atoms with Crippen LogP contribution in [-0.2, 0) is 5.75 Å². The average molecular weight is 366 g/mol. The first-order valence-electron chi connectivity index (χ1n) is 8.20. The largest absolute Gasteiger partial charge is 0.253 e. The summed E-state index contributed by atoms with van der Waals surface area (Å²) in [6, 6.07) is 8.13. The number of hydrogen-bond donors (Lipinski definition) is 0. The number of fused-ring (bicyclic) bond motifs is 1. The van der Waals surface area contributed by atoms with Gasteiger partial charge < -0.3 is 0 Å². The zero-order valence-corrected chi connectivity index (χ0v) is 15.8. The van der Waals surface area contributed by atoms with Crippen LogP contribution in [0.25, 0.3) is 11.5 Å². The van der Waals surface area contributed by atoms with E-state index in [-0.39, 0.29) is 0 Å². The van der Waals surface area contributed by atoms with Gasteiger partial charge in [0.1, 0.15) is 0 Å². The van der Waals surface area contributed by atoms with Gasteiger partial charge in [-0.3, -0.25) is 0 Å². The van der Waals surface area contributed by atoms with E-state index in [0.29, 0.717) is 16.7 Å². The molecule has 0 amide bonds. The van der Waals surface area contributed by atoms with E-state index in [4.69, 9.17) is 0 Å². The lowest BCUT2D eigenvalue weighted by Crippen LogP contribution is -2.06. The van der Waals surface area contributed by atoms with Gasteiger partial charge in [0.05, 0.1) is 11.4 Å². The lowest BCUT2D eigenvalue weighted by atomic mass is 10.1. The van der Waals surface area contributed by atoms with Crippen molar-refractivity contribution in [1.29, 1.82) is 0 Å². The summed E-state index contributed by atoms with van der Waals surface area (Å²) in [6.45, 7) is 8.06. The predicted molar refractivity (Wildman–Crippen MR) is 98.4 cm³/mol. The van der Waals surface area contributed by atoms with E-state index in [2.05, 4.69) is 56.6 Å². The summed E-state index contributed by atoms with van der Waals surface area (Å²) in [5.41, 5.74) is 5.21. The molecule has 0 aliphatic heterocycles. The lowest BCUT2D eigenvalue weighted by molar-refractivity contribution is 0.768. The van der Waals surface area contributed by atoms with Gasteiger partial charge in [0.15, 0.2) is 5.82 Å². The molecule has 0 fully saturated rings. The number of rotatable bonds is 4. The smallest absolute Gasteiger partial charge is 0.216 e. The first-order chi connectivity index (χ1) is 12.5. The summed E-state index contributed by atoms with van der Waals surface area (Å²) in [5, 5.41) is 17.4. The molecule has 0 radical (unpaired) electrons. The molecule has 0 saturated heterocycles. The van der Waals surface area contributed by atoms with Gasteiger partial charge >= 0.3 is 0 Å². The Bertz CT molecular complexity index is 1080. The van der Waals surface area contributed by atoms with E-state index in [1.165, 1.54) is 11.8 Å². The SMILES string of the molecule is Cc1cc(C)n2nc(SCc3nnnn3-c3c(C)cccc3C)nc2n1. The molecule has 0 bridgehead atoms. The molecule has 1 aromatic carbocycles. The third-order valence-electron chi connectivity index (χ3n) is 4.11. The predicted octanol–water partition coefficient (Wildman–Crippen LogP) is 2.63. The number of benzene rings is 1. The molecule has 8 nitrogen and oxygen atoms in total. The second-order valence-electron chi connectivity index (χ2n) is 6.18. The van der Waals surface area contributed by atoms with Crippen molar-refractivity contribution >= 4 is 17.5 Å². The van der Waals surface area contributed by atoms with E-state index in [0.717, 1.165) is 34.0 Å². The summed E-state index contributed by atoms with van der Waals surface area (Å²) in [4.78, 5) is 8.92. The minimum absolute atomic E-state index is 0.565. The van der Waals surface area contributed by atoms with Crippen molar-refractivity contribution in [3.63, 3.8) is 0 Å². The van der Waals surface area contributed by atoms with E-state index in [1.54, 1.807) is 9.20 Å². The molecule has 0 saturated carbocycles. The van der Waals surface area contributed by atoms with Gasteiger partial charge in [-0.25, -0.2) is 9.50 Å². The van der Waals surface area contributed by atoms with Crippen LogP contribution < -0.4 is 0 Å². The van der Waals surface area contributed by atoms with Gasteiger partial charge in [-0.15, -0.1) is 10.2 Å². The van der Waals surface area contributed by atoms with E-state index < -0.39 is 0 Å². The zero-order chi connectivity index (χ0) is 18.3. The summed E-state index contributed by atoms with van der Waals surface area (Å²) in [7, 11) is 0. The van der Waals surface area contributed by atoms with Crippen molar-refractivity contribution < 1.29 is 0 Å². The number of nitrogens with zero attached hydrogens (tertiary/aromatic N) is 8. The molecule has 0 aliphatic rings. The summed E-state index contributed by atoms with van der Waals surface area (Å²) in [6.07, 6.45) is 0. The van der Waals surface area contributed by atoms with Gasteiger partial charge in [-0.05, 0) is 55.3 Å². The van der Waals surface area contributed by atoms with Crippen LogP contribution in [0.3, 0.4) is 0 Å². The van der Waals surface area contributed by atoms with Gasteiger partial charge in [-0.1, -0.05) is 30.0 Å². The minimum Gasteiger partial charge on any atom is -0.216 e. The summed E-state index contributed by atoms with van der Waals surface area (Å²) in [5.74, 6) is 1.93. The van der Waals surface area contributed by atoms with Crippen LogP contribution in [0.5, 0.6) is 0 Å². The van der Waals surface area contributed by atoms with Crippen molar-refractivity contribution in [2.75, 3.05) is 0 Å². The Morgan fingerprint density at radius 2 is 1.81 bits per heavy atom. The van der Waals surface area contributed by atoms with E-state index in [1.807, 2.05) is 26.0 Å². The number of thioether (sulfide) groups is 1. The number of hydrogen-bond acceptors (Lipinski definition) is 7. The Morgan fingerprint density at radius 3 is 2.58 bits per heavy atom. The molecular weight excluding hydrogens is 348 g/mol. The molecule has 3 aromatic heterocycles. The van der Waals surface area contributed by atoms with Crippen LogP contribution in [0, 0.1) is 27.7 Å². The number of aromatic nitrogens is 8. The van der Waals surface area contributed by atoms with Crippen LogP contribution in [0.15, 0.2) is 29.4 Å². The Labute approximate surface area is 154 Å². The van der Waals surface area contributed by atoms with E-state index in [9.17, 15) is 0 Å². The van der Waals surface area contributed by atoms with Gasteiger partial charge in [0.2, 0.25) is 5.16 Å². The Balaban J connectivity index is 1.62. The molecule has 26 heavy (non-hydrogen) atoms. The molecule has 0 unspecified atom stereocenters. The number of tetrazole rings is 1. The van der Waals surface area contributed by atoms with Crippen LogP contribution in [0.4, 0.5) is 0 Å². The van der Waals surface area contributed by atoms with E-state index >= 15 is 0 Å². The normalized spacial score (nSPS) is 11.4.